The number of imidazole rings is 1. The summed E-state index contributed by atoms with van der Waals surface area (Å²) >= 11 is 0. The van der Waals surface area contributed by atoms with Crippen molar-refractivity contribution in [1.82, 2.24) is 9.55 Å². The minimum absolute atomic E-state index is 0.477. The van der Waals surface area contributed by atoms with Crippen LogP contribution in [0.2, 0.25) is 0 Å². The summed E-state index contributed by atoms with van der Waals surface area (Å²) in [5.74, 6) is 1.22. The normalized spacial score (nSPS) is 10.9. The molecular weight excluding hydrogens is 250 g/mol. The standard InChI is InChI=1S/C16H17N3O/c1-3-11-7-4-5-8-12(11)19-13-9-6-10-14(20-2)15(13)18-16(19)17/h4-10H,3H2,1-2H3,(H2,17,18). The predicted molar refractivity (Wildman–Crippen MR) is 81.4 cm³/mol. The van der Waals surface area contributed by atoms with Gasteiger partial charge in [0.25, 0.3) is 0 Å². The van der Waals surface area contributed by atoms with Crippen LogP contribution in [-0.2, 0) is 6.42 Å². The molecule has 0 saturated carbocycles. The average Bonchev–Trinajstić information content (AvgIpc) is 2.82. The van der Waals surface area contributed by atoms with Gasteiger partial charge in [-0.15, -0.1) is 0 Å². The summed E-state index contributed by atoms with van der Waals surface area (Å²) in [7, 11) is 1.64. The molecule has 0 aliphatic heterocycles. The van der Waals surface area contributed by atoms with E-state index in [2.05, 4.69) is 24.0 Å². The fraction of sp³-hybridized carbons (Fsp3) is 0.188. The van der Waals surface area contributed by atoms with Gasteiger partial charge in [0.1, 0.15) is 11.3 Å². The maximum absolute atomic E-state index is 6.13. The maximum atomic E-state index is 6.13. The highest BCUT2D eigenvalue weighted by atomic mass is 16.5. The van der Waals surface area contributed by atoms with Gasteiger partial charge in [-0.1, -0.05) is 31.2 Å². The van der Waals surface area contributed by atoms with E-state index in [1.165, 1.54) is 5.56 Å². The molecule has 1 heterocycles. The number of nitrogen functional groups attached to an aromatic ring is 1. The van der Waals surface area contributed by atoms with E-state index in [1.54, 1.807) is 7.11 Å². The number of rotatable bonds is 3. The smallest absolute Gasteiger partial charge is 0.206 e. The number of nitrogens with zero attached hydrogens (tertiary/aromatic N) is 2. The molecule has 0 fully saturated rings. The van der Waals surface area contributed by atoms with Gasteiger partial charge in [-0.05, 0) is 30.2 Å². The molecule has 4 nitrogen and oxygen atoms in total. The fourth-order valence-corrected chi connectivity index (χ4v) is 2.54. The van der Waals surface area contributed by atoms with Gasteiger partial charge in [0.05, 0.1) is 18.3 Å². The largest absolute Gasteiger partial charge is 0.494 e. The van der Waals surface area contributed by atoms with Crippen molar-refractivity contribution in [2.75, 3.05) is 12.8 Å². The van der Waals surface area contributed by atoms with Crippen molar-refractivity contribution in [3.8, 4) is 11.4 Å². The Morgan fingerprint density at radius 2 is 1.95 bits per heavy atom. The molecule has 0 aliphatic carbocycles. The highest BCUT2D eigenvalue weighted by molar-refractivity contribution is 5.86. The zero-order valence-corrected chi connectivity index (χ0v) is 11.6. The van der Waals surface area contributed by atoms with Crippen molar-refractivity contribution < 1.29 is 4.74 Å². The Morgan fingerprint density at radius 1 is 1.15 bits per heavy atom. The monoisotopic (exact) mass is 267 g/mol. The molecule has 2 aromatic carbocycles. The first kappa shape index (κ1) is 12.5. The molecule has 3 rings (SSSR count). The molecule has 0 amide bonds. The quantitative estimate of drug-likeness (QED) is 0.793. The predicted octanol–water partition coefficient (Wildman–Crippen LogP) is 3.18. The lowest BCUT2D eigenvalue weighted by Crippen LogP contribution is -2.03. The molecule has 20 heavy (non-hydrogen) atoms. The zero-order valence-electron chi connectivity index (χ0n) is 11.6. The third-order valence-electron chi connectivity index (χ3n) is 3.51. The summed E-state index contributed by atoms with van der Waals surface area (Å²) in [4.78, 5) is 4.45. The summed E-state index contributed by atoms with van der Waals surface area (Å²) in [6.07, 6.45) is 0.944. The topological polar surface area (TPSA) is 53.1 Å². The number of methoxy groups -OCH3 is 1. The molecule has 3 aromatic rings. The molecule has 0 spiro atoms. The van der Waals surface area contributed by atoms with Gasteiger partial charge in [0, 0.05) is 0 Å². The van der Waals surface area contributed by atoms with E-state index in [-0.39, 0.29) is 0 Å². The van der Waals surface area contributed by atoms with Crippen molar-refractivity contribution >= 4 is 17.0 Å². The second-order valence-electron chi connectivity index (χ2n) is 4.62. The van der Waals surface area contributed by atoms with Crippen LogP contribution in [0.4, 0.5) is 5.95 Å². The van der Waals surface area contributed by atoms with Gasteiger partial charge >= 0.3 is 0 Å². The SMILES string of the molecule is CCc1ccccc1-n1c(N)nc2c(OC)cccc21. The van der Waals surface area contributed by atoms with Gasteiger partial charge in [-0.25, -0.2) is 4.98 Å². The fourth-order valence-electron chi connectivity index (χ4n) is 2.54. The number of anilines is 1. The average molecular weight is 267 g/mol. The number of fused-ring (bicyclic) bond motifs is 1. The number of nitrogens with two attached hydrogens (primary N) is 1. The highest BCUT2D eigenvalue weighted by Gasteiger charge is 2.14. The number of aryl methyl sites for hydroxylation is 1. The van der Waals surface area contributed by atoms with Gasteiger partial charge in [0.15, 0.2) is 0 Å². The number of ether oxygens (including phenoxy) is 1. The zero-order chi connectivity index (χ0) is 14.1. The second kappa shape index (κ2) is 4.89. The molecule has 0 unspecified atom stereocenters. The van der Waals surface area contributed by atoms with E-state index in [0.717, 1.165) is 28.9 Å². The van der Waals surface area contributed by atoms with Crippen molar-refractivity contribution in [3.05, 3.63) is 48.0 Å². The molecule has 0 saturated heterocycles. The second-order valence-corrected chi connectivity index (χ2v) is 4.62. The molecule has 0 aliphatic rings. The lowest BCUT2D eigenvalue weighted by molar-refractivity contribution is 0.419. The van der Waals surface area contributed by atoms with E-state index in [9.17, 15) is 0 Å². The van der Waals surface area contributed by atoms with Crippen LogP contribution in [0, 0.1) is 0 Å². The van der Waals surface area contributed by atoms with Crippen LogP contribution in [0.1, 0.15) is 12.5 Å². The minimum Gasteiger partial charge on any atom is -0.494 e. The lowest BCUT2D eigenvalue weighted by atomic mass is 10.1. The van der Waals surface area contributed by atoms with E-state index < -0.39 is 0 Å². The molecule has 1 aromatic heterocycles. The molecule has 0 bridgehead atoms. The van der Waals surface area contributed by atoms with Crippen LogP contribution in [0.3, 0.4) is 0 Å². The van der Waals surface area contributed by atoms with Crippen LogP contribution in [-0.4, -0.2) is 16.7 Å². The van der Waals surface area contributed by atoms with Crippen LogP contribution in [0.5, 0.6) is 5.75 Å². The van der Waals surface area contributed by atoms with E-state index in [1.807, 2.05) is 34.9 Å². The summed E-state index contributed by atoms with van der Waals surface area (Å²) in [6, 6.07) is 14.1. The van der Waals surface area contributed by atoms with Crippen molar-refractivity contribution in [2.24, 2.45) is 0 Å². The minimum atomic E-state index is 0.477. The summed E-state index contributed by atoms with van der Waals surface area (Å²) in [6.45, 7) is 2.13. The Balaban J connectivity index is 2.34. The Labute approximate surface area is 117 Å². The Hall–Kier alpha value is -2.49. The van der Waals surface area contributed by atoms with Gasteiger partial charge in [-0.2, -0.15) is 0 Å². The number of para-hydroxylation sites is 2. The van der Waals surface area contributed by atoms with Crippen LogP contribution < -0.4 is 10.5 Å². The molecular formula is C16H17N3O. The third kappa shape index (κ3) is 1.81. The van der Waals surface area contributed by atoms with Gasteiger partial charge < -0.3 is 10.5 Å². The lowest BCUT2D eigenvalue weighted by Gasteiger charge is -2.11. The highest BCUT2D eigenvalue weighted by Crippen LogP contribution is 2.30. The summed E-state index contributed by atoms with van der Waals surface area (Å²) in [5, 5.41) is 0. The van der Waals surface area contributed by atoms with Crippen molar-refractivity contribution in [1.29, 1.82) is 0 Å². The van der Waals surface area contributed by atoms with Crippen molar-refractivity contribution in [3.63, 3.8) is 0 Å². The number of hydrogen-bond donors (Lipinski definition) is 1. The van der Waals surface area contributed by atoms with Gasteiger partial charge in [-0.3, -0.25) is 4.57 Å². The molecule has 0 atom stereocenters. The van der Waals surface area contributed by atoms with Crippen molar-refractivity contribution in [2.45, 2.75) is 13.3 Å². The molecule has 2 N–H and O–H groups in total. The first-order chi connectivity index (χ1) is 9.76. The number of hydrogen-bond acceptors (Lipinski definition) is 3. The maximum Gasteiger partial charge on any atom is 0.206 e. The van der Waals surface area contributed by atoms with E-state index in [4.69, 9.17) is 10.5 Å². The first-order valence-corrected chi connectivity index (χ1v) is 6.65. The van der Waals surface area contributed by atoms with Gasteiger partial charge in [0.2, 0.25) is 5.95 Å². The third-order valence-corrected chi connectivity index (χ3v) is 3.51. The molecule has 0 radical (unpaired) electrons. The Kier molecular flexibility index (Phi) is 3.06. The Morgan fingerprint density at radius 3 is 2.70 bits per heavy atom. The number of benzene rings is 2. The van der Waals surface area contributed by atoms with E-state index >= 15 is 0 Å². The summed E-state index contributed by atoms with van der Waals surface area (Å²) < 4.78 is 7.34. The van der Waals surface area contributed by atoms with Crippen LogP contribution in [0.15, 0.2) is 42.5 Å². The first-order valence-electron chi connectivity index (χ1n) is 6.65. The van der Waals surface area contributed by atoms with Crippen LogP contribution >= 0.6 is 0 Å². The van der Waals surface area contributed by atoms with E-state index in [0.29, 0.717) is 5.95 Å². The molecule has 4 heteroatoms. The summed E-state index contributed by atoms with van der Waals surface area (Å²) in [5.41, 5.74) is 10.2. The van der Waals surface area contributed by atoms with Crippen LogP contribution in [0.25, 0.3) is 16.7 Å². The number of aromatic nitrogens is 2. The molecule has 102 valence electrons. The Bertz CT molecular complexity index is 762.